The predicted octanol–water partition coefficient (Wildman–Crippen LogP) is 4.02. The van der Waals surface area contributed by atoms with Crippen LogP contribution in [0.25, 0.3) is 0 Å². The maximum Gasteiger partial charge on any atom is 0.0216 e. The highest BCUT2D eigenvalue weighted by molar-refractivity contribution is 5.53. The molecule has 0 aromatic rings. The topological polar surface area (TPSA) is 0 Å². The quantitative estimate of drug-likeness (QED) is 0.486. The first-order valence-electron chi connectivity index (χ1n) is 4.76. The average molecular weight is 174 g/mol. The monoisotopic (exact) mass is 174 g/mol. The number of hydrogen-bond acceptors (Lipinski definition) is 0. The van der Waals surface area contributed by atoms with Crippen molar-refractivity contribution in [2.75, 3.05) is 0 Å². The molecule has 0 heterocycles. The lowest BCUT2D eigenvalue weighted by molar-refractivity contribution is 0.762. The fourth-order valence-corrected chi connectivity index (χ4v) is 1.92. The van der Waals surface area contributed by atoms with Crippen LogP contribution in [0.4, 0.5) is 0 Å². The molecule has 0 N–H and O–H groups in total. The summed E-state index contributed by atoms with van der Waals surface area (Å²) < 4.78 is 0. The van der Waals surface area contributed by atoms with Crippen molar-refractivity contribution in [2.24, 2.45) is 5.92 Å². The van der Waals surface area contributed by atoms with E-state index in [1.165, 1.54) is 27.9 Å². The van der Waals surface area contributed by atoms with Crippen molar-refractivity contribution in [3.63, 3.8) is 0 Å². The van der Waals surface area contributed by atoms with Crippen LogP contribution in [0, 0.1) is 5.92 Å². The van der Waals surface area contributed by atoms with E-state index in [1.807, 2.05) is 0 Å². The van der Waals surface area contributed by atoms with E-state index in [0.717, 1.165) is 0 Å². The Morgan fingerprint density at radius 1 is 1.00 bits per heavy atom. The third-order valence-electron chi connectivity index (χ3n) is 3.41. The number of hydrogen-bond donors (Lipinski definition) is 0. The molecule has 0 saturated carbocycles. The number of allylic oxidation sites excluding steroid dienone is 5. The fourth-order valence-electron chi connectivity index (χ4n) is 1.92. The zero-order valence-corrected chi connectivity index (χ0v) is 9.28. The molecule has 0 aromatic carbocycles. The summed E-state index contributed by atoms with van der Waals surface area (Å²) in [5, 5.41) is 0. The van der Waals surface area contributed by atoms with Crippen LogP contribution >= 0.6 is 0 Å². The summed E-state index contributed by atoms with van der Waals surface area (Å²) in [6.07, 6.45) is 0. The van der Waals surface area contributed by atoms with Gasteiger partial charge in [0.15, 0.2) is 0 Å². The summed E-state index contributed by atoms with van der Waals surface area (Å²) in [4.78, 5) is 0. The molecule has 1 rings (SSSR count). The SMILES string of the molecule is C=C=C1C(C)=C(C)C(C)C(C)=C1C. The van der Waals surface area contributed by atoms with Gasteiger partial charge in [-0.05, 0) is 44.8 Å². The Morgan fingerprint density at radius 2 is 1.38 bits per heavy atom. The molecule has 0 bridgehead atoms. The minimum Gasteiger partial charge on any atom is -0.120 e. The largest absolute Gasteiger partial charge is 0.120 e. The van der Waals surface area contributed by atoms with E-state index in [0.29, 0.717) is 5.92 Å². The highest BCUT2D eigenvalue weighted by atomic mass is 14.2. The summed E-state index contributed by atoms with van der Waals surface area (Å²) in [5.74, 6) is 0.581. The molecule has 0 nitrogen and oxygen atoms in total. The van der Waals surface area contributed by atoms with Crippen LogP contribution in [0.5, 0.6) is 0 Å². The lowest BCUT2D eigenvalue weighted by Crippen LogP contribution is -2.10. The Bertz CT molecular complexity index is 316. The Labute approximate surface area is 81.4 Å². The molecule has 1 aliphatic carbocycles. The lowest BCUT2D eigenvalue weighted by atomic mass is 9.79. The molecule has 0 aromatic heterocycles. The van der Waals surface area contributed by atoms with Crippen LogP contribution in [-0.2, 0) is 0 Å². The molecule has 0 atom stereocenters. The van der Waals surface area contributed by atoms with Gasteiger partial charge in [-0.3, -0.25) is 0 Å². The van der Waals surface area contributed by atoms with Crippen LogP contribution in [0.2, 0.25) is 0 Å². The standard InChI is InChI=1S/C13H18/c1-7-13-11(5)9(3)8(2)10(4)12(13)6/h8H,1H2,2-6H3. The van der Waals surface area contributed by atoms with Crippen molar-refractivity contribution in [3.05, 3.63) is 40.2 Å². The maximum atomic E-state index is 3.75. The van der Waals surface area contributed by atoms with Crippen LogP contribution in [0.3, 0.4) is 0 Å². The molecule has 70 valence electrons. The Kier molecular flexibility index (Phi) is 2.63. The molecule has 0 aliphatic heterocycles. The zero-order valence-electron chi connectivity index (χ0n) is 9.28. The zero-order chi connectivity index (χ0) is 10.2. The summed E-state index contributed by atoms with van der Waals surface area (Å²) in [5.41, 5.74) is 9.85. The molecule has 13 heavy (non-hydrogen) atoms. The van der Waals surface area contributed by atoms with Crippen molar-refractivity contribution in [1.29, 1.82) is 0 Å². The third kappa shape index (κ3) is 1.43. The molecule has 0 radical (unpaired) electrons. The van der Waals surface area contributed by atoms with Crippen LogP contribution in [0.15, 0.2) is 40.2 Å². The van der Waals surface area contributed by atoms with E-state index in [1.54, 1.807) is 0 Å². The van der Waals surface area contributed by atoms with Gasteiger partial charge >= 0.3 is 0 Å². The minimum absolute atomic E-state index is 0.581. The summed E-state index contributed by atoms with van der Waals surface area (Å²) in [6, 6.07) is 0. The second-order valence-electron chi connectivity index (χ2n) is 3.89. The molecular weight excluding hydrogens is 156 g/mol. The first-order chi connectivity index (χ1) is 6.00. The normalized spacial score (nSPS) is 23.8. The summed E-state index contributed by atoms with van der Waals surface area (Å²) in [7, 11) is 0. The average Bonchev–Trinajstić information content (AvgIpc) is 2.13. The third-order valence-corrected chi connectivity index (χ3v) is 3.41. The van der Waals surface area contributed by atoms with Crippen LogP contribution < -0.4 is 0 Å². The Hall–Kier alpha value is -1.00. The highest BCUT2D eigenvalue weighted by Gasteiger charge is 2.20. The number of rotatable bonds is 0. The van der Waals surface area contributed by atoms with Crippen molar-refractivity contribution >= 4 is 0 Å². The second-order valence-corrected chi connectivity index (χ2v) is 3.89. The van der Waals surface area contributed by atoms with E-state index < -0.39 is 0 Å². The van der Waals surface area contributed by atoms with Crippen molar-refractivity contribution in [2.45, 2.75) is 34.6 Å². The predicted molar refractivity (Wildman–Crippen MR) is 58.6 cm³/mol. The second kappa shape index (κ2) is 3.40. The van der Waals surface area contributed by atoms with Gasteiger partial charge in [-0.15, -0.1) is 5.73 Å². The van der Waals surface area contributed by atoms with Gasteiger partial charge in [-0.25, -0.2) is 0 Å². The summed E-state index contributed by atoms with van der Waals surface area (Å²) in [6.45, 7) is 14.7. The van der Waals surface area contributed by atoms with E-state index in [-0.39, 0.29) is 0 Å². The smallest absolute Gasteiger partial charge is 0.0216 e. The van der Waals surface area contributed by atoms with Crippen molar-refractivity contribution in [3.8, 4) is 0 Å². The van der Waals surface area contributed by atoms with Crippen LogP contribution in [-0.4, -0.2) is 0 Å². The van der Waals surface area contributed by atoms with E-state index in [2.05, 4.69) is 46.9 Å². The van der Waals surface area contributed by atoms with Gasteiger partial charge in [-0.2, -0.15) is 0 Å². The van der Waals surface area contributed by atoms with Crippen molar-refractivity contribution < 1.29 is 0 Å². The first-order valence-corrected chi connectivity index (χ1v) is 4.76. The van der Waals surface area contributed by atoms with Gasteiger partial charge in [-0.1, -0.05) is 24.6 Å². The van der Waals surface area contributed by atoms with Gasteiger partial charge in [0.1, 0.15) is 0 Å². The Morgan fingerprint density at radius 3 is 1.69 bits per heavy atom. The van der Waals surface area contributed by atoms with Crippen LogP contribution in [0.1, 0.15) is 34.6 Å². The first kappa shape index (κ1) is 10.1. The summed E-state index contributed by atoms with van der Waals surface area (Å²) >= 11 is 0. The van der Waals surface area contributed by atoms with Gasteiger partial charge in [0, 0.05) is 5.57 Å². The van der Waals surface area contributed by atoms with Gasteiger partial charge in [0.05, 0.1) is 0 Å². The molecule has 0 fully saturated rings. The van der Waals surface area contributed by atoms with Gasteiger partial charge < -0.3 is 0 Å². The molecule has 0 unspecified atom stereocenters. The van der Waals surface area contributed by atoms with E-state index in [9.17, 15) is 0 Å². The fraction of sp³-hybridized carbons (Fsp3) is 0.462. The van der Waals surface area contributed by atoms with E-state index in [4.69, 9.17) is 0 Å². The molecule has 0 heteroatoms. The highest BCUT2D eigenvalue weighted by Crippen LogP contribution is 2.36. The molecule has 0 saturated heterocycles. The lowest BCUT2D eigenvalue weighted by Gasteiger charge is -2.26. The van der Waals surface area contributed by atoms with E-state index >= 15 is 0 Å². The van der Waals surface area contributed by atoms with Gasteiger partial charge in [0.25, 0.3) is 0 Å². The molecular formula is C13H18. The molecule has 1 aliphatic rings. The minimum atomic E-state index is 0.581. The molecule has 0 spiro atoms. The van der Waals surface area contributed by atoms with Gasteiger partial charge in [0.2, 0.25) is 0 Å². The molecule has 0 amide bonds. The Balaban J connectivity index is 3.38. The van der Waals surface area contributed by atoms with Crippen molar-refractivity contribution in [1.82, 2.24) is 0 Å². The maximum absolute atomic E-state index is 3.75.